The van der Waals surface area contributed by atoms with E-state index in [9.17, 15) is 9.59 Å². The molecule has 0 saturated heterocycles. The van der Waals surface area contributed by atoms with Gasteiger partial charge in [-0.25, -0.2) is 0 Å². The summed E-state index contributed by atoms with van der Waals surface area (Å²) in [6, 6.07) is 5.43. The molecule has 1 N–H and O–H groups in total. The highest BCUT2D eigenvalue weighted by Gasteiger charge is 2.31. The third-order valence-electron chi connectivity index (χ3n) is 3.82. The van der Waals surface area contributed by atoms with Crippen LogP contribution in [0.4, 0.5) is 11.4 Å². The first kappa shape index (κ1) is 18.3. The van der Waals surface area contributed by atoms with Crippen LogP contribution in [0.1, 0.15) is 27.2 Å². The number of hydrogen-bond acceptors (Lipinski definition) is 4. The van der Waals surface area contributed by atoms with Crippen molar-refractivity contribution in [2.45, 2.75) is 33.3 Å². The molecule has 2 rings (SSSR count). The molecule has 2 amide bonds. The van der Waals surface area contributed by atoms with Gasteiger partial charge in [-0.1, -0.05) is 13.8 Å². The van der Waals surface area contributed by atoms with Crippen LogP contribution >= 0.6 is 0 Å². The number of anilines is 2. The van der Waals surface area contributed by atoms with E-state index in [1.165, 1.54) is 0 Å². The van der Waals surface area contributed by atoms with Crippen LogP contribution in [-0.4, -0.2) is 50.0 Å². The first-order valence-corrected chi connectivity index (χ1v) is 8.34. The van der Waals surface area contributed by atoms with Gasteiger partial charge in [-0.3, -0.25) is 9.59 Å². The molecule has 0 bridgehead atoms. The fraction of sp³-hybridized carbons (Fsp3) is 0.556. The Hall–Kier alpha value is -2.08. The highest BCUT2D eigenvalue weighted by molar-refractivity contribution is 6.01. The molecule has 1 heterocycles. The van der Waals surface area contributed by atoms with Gasteiger partial charge in [0.2, 0.25) is 5.91 Å². The number of carbonyl (C=O) groups is 2. The van der Waals surface area contributed by atoms with Crippen molar-refractivity contribution in [3.8, 4) is 5.75 Å². The fourth-order valence-electron chi connectivity index (χ4n) is 2.60. The highest BCUT2D eigenvalue weighted by Crippen LogP contribution is 2.36. The molecular formula is C18H27N3O3. The summed E-state index contributed by atoms with van der Waals surface area (Å²) in [5.74, 6) is 0.879. The van der Waals surface area contributed by atoms with Crippen LogP contribution in [0.25, 0.3) is 0 Å². The van der Waals surface area contributed by atoms with E-state index in [4.69, 9.17) is 4.74 Å². The Balaban J connectivity index is 2.23. The van der Waals surface area contributed by atoms with Gasteiger partial charge in [-0.05, 0) is 45.1 Å². The highest BCUT2D eigenvalue weighted by atomic mass is 16.5. The molecule has 1 unspecified atom stereocenters. The van der Waals surface area contributed by atoms with Crippen LogP contribution in [-0.2, 0) is 9.59 Å². The topological polar surface area (TPSA) is 61.9 Å². The Kier molecular flexibility index (Phi) is 5.83. The molecular weight excluding hydrogens is 306 g/mol. The van der Waals surface area contributed by atoms with Crippen LogP contribution in [0.3, 0.4) is 0 Å². The number of nitrogens with zero attached hydrogens (tertiary/aromatic N) is 2. The van der Waals surface area contributed by atoms with E-state index in [2.05, 4.69) is 5.32 Å². The molecule has 0 spiro atoms. The molecule has 1 aliphatic heterocycles. The van der Waals surface area contributed by atoms with Crippen LogP contribution in [0.15, 0.2) is 18.2 Å². The lowest BCUT2D eigenvalue weighted by molar-refractivity contribution is -0.125. The van der Waals surface area contributed by atoms with Crippen molar-refractivity contribution in [2.75, 3.05) is 37.4 Å². The largest absolute Gasteiger partial charge is 0.479 e. The van der Waals surface area contributed by atoms with Gasteiger partial charge in [-0.15, -0.1) is 0 Å². The first-order valence-electron chi connectivity index (χ1n) is 8.34. The van der Waals surface area contributed by atoms with Crippen molar-refractivity contribution in [1.29, 1.82) is 0 Å². The summed E-state index contributed by atoms with van der Waals surface area (Å²) in [6.45, 7) is 7.09. The van der Waals surface area contributed by atoms with E-state index >= 15 is 0 Å². The summed E-state index contributed by atoms with van der Waals surface area (Å²) in [6.07, 6.45) is -0.0329. The zero-order valence-corrected chi connectivity index (χ0v) is 15.1. The average molecular weight is 333 g/mol. The summed E-state index contributed by atoms with van der Waals surface area (Å²) in [7, 11) is 3.94. The summed E-state index contributed by atoms with van der Waals surface area (Å²) < 4.78 is 5.69. The number of fused-ring (bicyclic) bond motifs is 1. The summed E-state index contributed by atoms with van der Waals surface area (Å²) in [5, 5.41) is 2.89. The Labute approximate surface area is 143 Å². The second kappa shape index (κ2) is 7.66. The first-order chi connectivity index (χ1) is 11.3. The van der Waals surface area contributed by atoms with Gasteiger partial charge >= 0.3 is 0 Å². The third-order valence-corrected chi connectivity index (χ3v) is 3.82. The van der Waals surface area contributed by atoms with E-state index in [0.717, 1.165) is 6.54 Å². The maximum atomic E-state index is 12.5. The number of nitrogens with one attached hydrogen (secondary N) is 1. The quantitative estimate of drug-likeness (QED) is 0.868. The Morgan fingerprint density at radius 3 is 2.71 bits per heavy atom. The number of benzene rings is 1. The Bertz CT molecular complexity index is 614. The zero-order valence-electron chi connectivity index (χ0n) is 15.1. The van der Waals surface area contributed by atoms with E-state index < -0.39 is 6.10 Å². The molecule has 24 heavy (non-hydrogen) atoms. The number of likely N-dealkylation sites (N-methyl/N-ethyl adjacent to an activating group) is 1. The second-order valence-electron chi connectivity index (χ2n) is 6.88. The van der Waals surface area contributed by atoms with Gasteiger partial charge in [0.05, 0.1) is 5.69 Å². The van der Waals surface area contributed by atoms with E-state index in [-0.39, 0.29) is 11.8 Å². The number of carbonyl (C=O) groups excluding carboxylic acids is 2. The molecule has 132 valence electrons. The lowest BCUT2D eigenvalue weighted by atomic mass is 10.1. The van der Waals surface area contributed by atoms with Crippen molar-refractivity contribution >= 4 is 23.2 Å². The summed E-state index contributed by atoms with van der Waals surface area (Å²) >= 11 is 0. The maximum absolute atomic E-state index is 12.5. The third kappa shape index (κ3) is 4.47. The maximum Gasteiger partial charge on any atom is 0.267 e. The lowest BCUT2D eigenvalue weighted by Crippen LogP contribution is -2.46. The smallest absolute Gasteiger partial charge is 0.267 e. The molecule has 0 saturated carbocycles. The molecule has 0 radical (unpaired) electrons. The predicted molar refractivity (Wildman–Crippen MR) is 95.5 cm³/mol. The van der Waals surface area contributed by atoms with E-state index in [0.29, 0.717) is 36.0 Å². The van der Waals surface area contributed by atoms with Gasteiger partial charge < -0.3 is 19.9 Å². The van der Waals surface area contributed by atoms with E-state index in [1.807, 2.05) is 51.0 Å². The monoisotopic (exact) mass is 333 g/mol. The van der Waals surface area contributed by atoms with Crippen LogP contribution in [0.2, 0.25) is 0 Å². The number of hydrogen-bond donors (Lipinski definition) is 1. The minimum absolute atomic E-state index is 0.0267. The predicted octanol–water partition coefficient (Wildman–Crippen LogP) is 2.35. The molecule has 6 nitrogen and oxygen atoms in total. The van der Waals surface area contributed by atoms with Crippen LogP contribution in [0, 0.1) is 5.92 Å². The van der Waals surface area contributed by atoms with Crippen LogP contribution in [0.5, 0.6) is 5.75 Å². The van der Waals surface area contributed by atoms with Crippen molar-refractivity contribution in [3.05, 3.63) is 18.2 Å². The standard InChI is InChI=1S/C18H27N3O3/c1-12(2)10-17(22)19-14-6-7-16-15(11-14)21(9-8-20(4)5)18(23)13(3)24-16/h6-7,11-13H,8-10H2,1-5H3,(H,19,22). The Morgan fingerprint density at radius 2 is 2.08 bits per heavy atom. The molecule has 0 fully saturated rings. The van der Waals surface area contributed by atoms with Crippen molar-refractivity contribution in [3.63, 3.8) is 0 Å². The fourth-order valence-corrected chi connectivity index (χ4v) is 2.60. The van der Waals surface area contributed by atoms with Gasteiger partial charge in [0, 0.05) is 25.2 Å². The SMILES string of the molecule is CC(C)CC(=O)Nc1ccc2c(c1)N(CCN(C)C)C(=O)C(C)O2. The van der Waals surface area contributed by atoms with Crippen molar-refractivity contribution < 1.29 is 14.3 Å². The summed E-state index contributed by atoms with van der Waals surface area (Å²) in [5.41, 5.74) is 1.39. The van der Waals surface area contributed by atoms with Crippen molar-refractivity contribution in [2.24, 2.45) is 5.92 Å². The van der Waals surface area contributed by atoms with Gasteiger partial charge in [-0.2, -0.15) is 0 Å². The summed E-state index contributed by atoms with van der Waals surface area (Å²) in [4.78, 5) is 28.2. The van der Waals surface area contributed by atoms with E-state index in [1.54, 1.807) is 11.8 Å². The minimum atomic E-state index is -0.499. The van der Waals surface area contributed by atoms with Crippen LogP contribution < -0.4 is 15.0 Å². The zero-order chi connectivity index (χ0) is 17.9. The van der Waals surface area contributed by atoms with Gasteiger partial charge in [0.25, 0.3) is 5.91 Å². The molecule has 1 aliphatic rings. The average Bonchev–Trinajstić information content (AvgIpc) is 2.47. The molecule has 0 aromatic heterocycles. The van der Waals surface area contributed by atoms with Gasteiger partial charge in [0.1, 0.15) is 5.75 Å². The molecule has 1 aromatic carbocycles. The van der Waals surface area contributed by atoms with Gasteiger partial charge in [0.15, 0.2) is 6.10 Å². The lowest BCUT2D eigenvalue weighted by Gasteiger charge is -2.34. The number of rotatable bonds is 6. The molecule has 1 aromatic rings. The minimum Gasteiger partial charge on any atom is -0.479 e. The van der Waals surface area contributed by atoms with Crippen molar-refractivity contribution in [1.82, 2.24) is 4.90 Å². The normalized spacial score (nSPS) is 17.0. The Morgan fingerprint density at radius 1 is 1.38 bits per heavy atom. The number of amides is 2. The number of ether oxygens (including phenoxy) is 1. The molecule has 1 atom stereocenters. The second-order valence-corrected chi connectivity index (χ2v) is 6.88. The molecule has 0 aliphatic carbocycles. The molecule has 6 heteroatoms.